The van der Waals surface area contributed by atoms with Gasteiger partial charge >= 0.3 is 5.97 Å². The first kappa shape index (κ1) is 15.8. The summed E-state index contributed by atoms with van der Waals surface area (Å²) in [4.78, 5) is 55.3. The fraction of sp³-hybridized carbons (Fsp3) is 0.111. The van der Waals surface area contributed by atoms with Crippen molar-refractivity contribution in [1.29, 1.82) is 0 Å². The first-order valence-electron chi connectivity index (χ1n) is 7.81. The molecule has 0 unspecified atom stereocenters. The van der Waals surface area contributed by atoms with Gasteiger partial charge in [-0.15, -0.1) is 0 Å². The Morgan fingerprint density at radius 3 is 2.35 bits per heavy atom. The number of carbonyl (C=O) groups is 4. The van der Waals surface area contributed by atoms with Crippen molar-refractivity contribution in [3.63, 3.8) is 0 Å². The van der Waals surface area contributed by atoms with Gasteiger partial charge in [-0.3, -0.25) is 14.4 Å². The van der Waals surface area contributed by atoms with Crippen molar-refractivity contribution in [2.45, 2.75) is 0 Å². The van der Waals surface area contributed by atoms with Gasteiger partial charge in [-0.1, -0.05) is 17.2 Å². The molecular formula is C18H13N3O5. The molecule has 8 heteroatoms. The van der Waals surface area contributed by atoms with Crippen LogP contribution in [-0.4, -0.2) is 42.3 Å². The maximum Gasteiger partial charge on any atom is 0.364 e. The molecule has 0 aliphatic carbocycles. The minimum absolute atomic E-state index is 0.107. The van der Waals surface area contributed by atoms with Crippen LogP contribution in [0, 0.1) is 0 Å². The van der Waals surface area contributed by atoms with Crippen LogP contribution in [0.2, 0.25) is 0 Å². The lowest BCUT2D eigenvalue weighted by atomic mass is 10.1. The molecule has 2 aromatic carbocycles. The van der Waals surface area contributed by atoms with Crippen LogP contribution in [-0.2, 0) is 9.63 Å². The zero-order valence-electron chi connectivity index (χ0n) is 13.7. The average Bonchev–Trinajstić information content (AvgIpc) is 2.86. The molecule has 2 heterocycles. The van der Waals surface area contributed by atoms with Gasteiger partial charge in [-0.25, -0.2) is 4.79 Å². The molecule has 0 bridgehead atoms. The summed E-state index contributed by atoms with van der Waals surface area (Å²) in [5.74, 6) is -2.45. The Kier molecular flexibility index (Phi) is 3.47. The van der Waals surface area contributed by atoms with E-state index >= 15 is 0 Å². The van der Waals surface area contributed by atoms with Gasteiger partial charge in [0.2, 0.25) is 5.91 Å². The van der Waals surface area contributed by atoms with Crippen LogP contribution in [0.1, 0.15) is 31.1 Å². The molecule has 1 N–H and O–H groups in total. The highest BCUT2D eigenvalue weighted by Gasteiger charge is 2.38. The molecule has 3 amide bonds. The number of amides is 3. The number of nitrogens with zero attached hydrogens (tertiary/aromatic N) is 2. The third-order valence-electron chi connectivity index (χ3n) is 4.23. The fourth-order valence-electron chi connectivity index (χ4n) is 2.97. The number of imide groups is 1. The molecule has 0 fully saturated rings. The third kappa shape index (κ3) is 2.39. The van der Waals surface area contributed by atoms with Crippen molar-refractivity contribution in [3.05, 3.63) is 59.2 Å². The van der Waals surface area contributed by atoms with E-state index in [0.29, 0.717) is 10.8 Å². The van der Waals surface area contributed by atoms with Gasteiger partial charge in [-0.2, -0.15) is 0 Å². The minimum atomic E-state index is -0.871. The molecule has 4 rings (SSSR count). The van der Waals surface area contributed by atoms with E-state index in [2.05, 4.69) is 5.32 Å². The average molecular weight is 351 g/mol. The Bertz CT molecular complexity index is 950. The van der Waals surface area contributed by atoms with Crippen LogP contribution >= 0.6 is 0 Å². The van der Waals surface area contributed by atoms with Crippen molar-refractivity contribution >= 4 is 35.1 Å². The van der Waals surface area contributed by atoms with E-state index in [-0.39, 0.29) is 29.1 Å². The molecule has 0 saturated carbocycles. The first-order chi connectivity index (χ1) is 12.5. The summed E-state index contributed by atoms with van der Waals surface area (Å²) in [7, 11) is 1.76. The number of benzene rings is 2. The fourth-order valence-corrected chi connectivity index (χ4v) is 2.97. The predicted octanol–water partition coefficient (Wildman–Crippen LogP) is 1.44. The number of likely N-dealkylation sites (N-methyl/N-ethyl adjacent to an activating group) is 1. The van der Waals surface area contributed by atoms with Crippen LogP contribution < -0.4 is 10.2 Å². The summed E-state index contributed by atoms with van der Waals surface area (Å²) in [6, 6.07) is 10.8. The topological polar surface area (TPSA) is 96.0 Å². The Hall–Kier alpha value is -3.68. The second-order valence-electron chi connectivity index (χ2n) is 5.97. The summed E-state index contributed by atoms with van der Waals surface area (Å²) in [5, 5.41) is 3.13. The summed E-state index contributed by atoms with van der Waals surface area (Å²) >= 11 is 0. The Labute approximate surface area is 147 Å². The lowest BCUT2D eigenvalue weighted by molar-refractivity contribution is -0.115. The highest BCUT2D eigenvalue weighted by Crippen LogP contribution is 2.30. The summed E-state index contributed by atoms with van der Waals surface area (Å²) in [6.45, 7) is 0.214. The van der Waals surface area contributed by atoms with Gasteiger partial charge in [0.1, 0.15) is 0 Å². The minimum Gasteiger partial charge on any atom is -0.364 e. The van der Waals surface area contributed by atoms with Gasteiger partial charge in [0.15, 0.2) is 0 Å². The molecule has 0 radical (unpaired) electrons. The SMILES string of the molecule is CN1CC(=O)Nc2cc(C(=O)ON3C(=O)c4ccccc4C3=O)ccc21. The molecule has 0 aromatic heterocycles. The highest BCUT2D eigenvalue weighted by molar-refractivity contribution is 6.21. The molecule has 2 aliphatic heterocycles. The van der Waals surface area contributed by atoms with E-state index in [1.807, 2.05) is 0 Å². The van der Waals surface area contributed by atoms with E-state index in [4.69, 9.17) is 4.84 Å². The molecule has 2 aromatic rings. The second kappa shape index (κ2) is 5.69. The number of hydrogen-bond donors (Lipinski definition) is 1. The van der Waals surface area contributed by atoms with Crippen LogP contribution in [0.5, 0.6) is 0 Å². The highest BCUT2D eigenvalue weighted by atomic mass is 16.7. The number of rotatable bonds is 2. The molecule has 130 valence electrons. The number of carbonyl (C=O) groups excluding carboxylic acids is 4. The zero-order chi connectivity index (χ0) is 18.4. The summed E-state index contributed by atoms with van der Waals surface area (Å²) in [6.07, 6.45) is 0. The monoisotopic (exact) mass is 351 g/mol. The Morgan fingerprint density at radius 2 is 1.69 bits per heavy atom. The largest absolute Gasteiger partial charge is 0.364 e. The second-order valence-corrected chi connectivity index (χ2v) is 5.97. The lowest BCUT2D eigenvalue weighted by Gasteiger charge is -2.27. The summed E-state index contributed by atoms with van der Waals surface area (Å²) < 4.78 is 0. The van der Waals surface area contributed by atoms with Gasteiger partial charge in [-0.05, 0) is 30.3 Å². The molecule has 2 aliphatic rings. The molecule has 26 heavy (non-hydrogen) atoms. The number of anilines is 2. The normalized spacial score (nSPS) is 15.5. The number of hydrogen-bond acceptors (Lipinski definition) is 6. The Morgan fingerprint density at radius 1 is 1.04 bits per heavy atom. The van der Waals surface area contributed by atoms with E-state index < -0.39 is 17.8 Å². The van der Waals surface area contributed by atoms with Crippen molar-refractivity contribution in [2.75, 3.05) is 23.8 Å². The van der Waals surface area contributed by atoms with Gasteiger partial charge < -0.3 is 15.1 Å². The quantitative estimate of drug-likeness (QED) is 0.823. The lowest BCUT2D eigenvalue weighted by Crippen LogP contribution is -2.35. The van der Waals surface area contributed by atoms with Gasteiger partial charge in [0.05, 0.1) is 34.6 Å². The number of hydroxylamine groups is 2. The molecule has 0 spiro atoms. The van der Waals surface area contributed by atoms with E-state index in [1.54, 1.807) is 30.1 Å². The van der Waals surface area contributed by atoms with Crippen molar-refractivity contribution < 1.29 is 24.0 Å². The van der Waals surface area contributed by atoms with Crippen LogP contribution in [0.4, 0.5) is 11.4 Å². The number of fused-ring (bicyclic) bond motifs is 2. The maximum atomic E-state index is 12.4. The van der Waals surface area contributed by atoms with E-state index in [9.17, 15) is 19.2 Å². The first-order valence-corrected chi connectivity index (χ1v) is 7.81. The third-order valence-corrected chi connectivity index (χ3v) is 4.23. The van der Waals surface area contributed by atoms with E-state index in [1.165, 1.54) is 24.3 Å². The van der Waals surface area contributed by atoms with E-state index in [0.717, 1.165) is 5.69 Å². The summed E-state index contributed by atoms with van der Waals surface area (Å²) in [5.41, 5.74) is 1.69. The molecule has 8 nitrogen and oxygen atoms in total. The Balaban J connectivity index is 1.58. The van der Waals surface area contributed by atoms with Crippen LogP contribution in [0.15, 0.2) is 42.5 Å². The molecule has 0 atom stereocenters. The van der Waals surface area contributed by atoms with Crippen molar-refractivity contribution in [2.24, 2.45) is 0 Å². The van der Waals surface area contributed by atoms with Crippen molar-refractivity contribution in [1.82, 2.24) is 5.06 Å². The standard InChI is InChI=1S/C18H13N3O5/c1-20-9-15(22)19-13-8-10(6-7-14(13)20)18(25)26-21-16(23)11-4-2-3-5-12(11)17(21)24/h2-8H,9H2,1H3,(H,19,22). The number of nitrogens with one attached hydrogen (secondary N) is 1. The van der Waals surface area contributed by atoms with Crippen molar-refractivity contribution in [3.8, 4) is 0 Å². The van der Waals surface area contributed by atoms with Gasteiger partial charge in [0.25, 0.3) is 11.8 Å². The molecular weight excluding hydrogens is 338 g/mol. The zero-order valence-corrected chi connectivity index (χ0v) is 13.7. The predicted molar refractivity (Wildman–Crippen MR) is 90.7 cm³/mol. The smallest absolute Gasteiger partial charge is 0.364 e. The van der Waals surface area contributed by atoms with Crippen LogP contribution in [0.3, 0.4) is 0 Å². The van der Waals surface area contributed by atoms with Gasteiger partial charge in [0, 0.05) is 7.05 Å². The molecule has 0 saturated heterocycles. The van der Waals surface area contributed by atoms with Crippen LogP contribution in [0.25, 0.3) is 0 Å². The maximum absolute atomic E-state index is 12.4.